The number of rotatable bonds is 4. The molecule has 0 amide bonds. The molecule has 5 nitrogen and oxygen atoms in total. The summed E-state index contributed by atoms with van der Waals surface area (Å²) in [6.07, 6.45) is 10.2. The smallest absolute Gasteiger partial charge is 0.165 e. The van der Waals surface area contributed by atoms with Crippen molar-refractivity contribution in [1.82, 2.24) is 19.9 Å². The number of hydrogen-bond acceptors (Lipinski definition) is 5. The molecule has 1 spiro atoms. The average Bonchev–Trinajstić information content (AvgIpc) is 3.73. The molecule has 254 valence electrons. The van der Waals surface area contributed by atoms with Gasteiger partial charge in [0.1, 0.15) is 11.2 Å². The first-order chi connectivity index (χ1) is 26.2. The van der Waals surface area contributed by atoms with Crippen LogP contribution in [0.15, 0.2) is 138 Å². The number of nitrogens with zero attached hydrogens (tertiary/aromatic N) is 4. The van der Waals surface area contributed by atoms with Crippen molar-refractivity contribution in [3.05, 3.63) is 145 Å². The summed E-state index contributed by atoms with van der Waals surface area (Å²) in [7, 11) is 0. The molecule has 5 aliphatic rings. The fourth-order valence-corrected chi connectivity index (χ4v) is 11.4. The van der Waals surface area contributed by atoms with Crippen LogP contribution in [0.25, 0.3) is 78.4 Å². The molecule has 4 fully saturated rings. The van der Waals surface area contributed by atoms with Gasteiger partial charge in [-0.1, -0.05) is 91.0 Å². The van der Waals surface area contributed by atoms with E-state index < -0.39 is 0 Å². The second-order valence-corrected chi connectivity index (χ2v) is 15.8. The predicted molar refractivity (Wildman–Crippen MR) is 210 cm³/mol. The second kappa shape index (κ2) is 11.0. The molecule has 5 heteroatoms. The molecule has 5 aliphatic carbocycles. The molecule has 0 unspecified atom stereocenters. The van der Waals surface area contributed by atoms with Crippen LogP contribution in [0.4, 0.5) is 0 Å². The van der Waals surface area contributed by atoms with Crippen LogP contribution < -0.4 is 0 Å². The number of aromatic nitrogens is 4. The van der Waals surface area contributed by atoms with Crippen LogP contribution in [-0.4, -0.2) is 19.9 Å². The topological polar surface area (TPSA) is 64.7 Å². The molecule has 5 aromatic carbocycles. The Hall–Kier alpha value is -5.94. The Morgan fingerprint density at radius 3 is 1.92 bits per heavy atom. The molecule has 8 aromatic rings. The van der Waals surface area contributed by atoms with E-state index in [0.29, 0.717) is 23.5 Å². The van der Waals surface area contributed by atoms with E-state index >= 15 is 0 Å². The standard InChI is InChI=1S/C48H36N4O/c1-2-8-30(9-3-1)45-50-46(31-18-20-49-21-19-31)52-47(51-45)43-35(32-14-15-38-37-11-5-7-13-41(37)53-42(38)27-32)16-17-39-36-10-4-6-12-40(36)48(44(39)43)33-23-28-22-29(25-33)26-34(48)24-28/h1-21,27-29,33-34H,22-26H2. The Labute approximate surface area is 307 Å². The highest BCUT2D eigenvalue weighted by atomic mass is 16.3. The molecule has 0 radical (unpaired) electrons. The van der Waals surface area contributed by atoms with Crippen LogP contribution in [0, 0.1) is 23.7 Å². The summed E-state index contributed by atoms with van der Waals surface area (Å²) in [6, 6.07) is 43.4. The van der Waals surface area contributed by atoms with E-state index in [1.165, 1.54) is 54.4 Å². The third kappa shape index (κ3) is 4.19. The third-order valence-corrected chi connectivity index (χ3v) is 13.2. The first-order valence-corrected chi connectivity index (χ1v) is 19.1. The normalized spacial score (nSPS) is 23.5. The van der Waals surface area contributed by atoms with Gasteiger partial charge in [0.25, 0.3) is 0 Å². The Morgan fingerprint density at radius 1 is 0.491 bits per heavy atom. The molecule has 4 bridgehead atoms. The highest BCUT2D eigenvalue weighted by Gasteiger charge is 2.62. The zero-order valence-corrected chi connectivity index (χ0v) is 29.2. The second-order valence-electron chi connectivity index (χ2n) is 15.8. The van der Waals surface area contributed by atoms with Crippen molar-refractivity contribution in [2.45, 2.75) is 37.5 Å². The molecule has 0 saturated heterocycles. The zero-order chi connectivity index (χ0) is 34.7. The van der Waals surface area contributed by atoms with Gasteiger partial charge in [0.15, 0.2) is 17.5 Å². The highest BCUT2D eigenvalue weighted by Crippen LogP contribution is 2.71. The maximum Gasteiger partial charge on any atom is 0.165 e. The average molecular weight is 685 g/mol. The van der Waals surface area contributed by atoms with Gasteiger partial charge in [0, 0.05) is 45.3 Å². The summed E-state index contributed by atoms with van der Waals surface area (Å²) < 4.78 is 6.50. The summed E-state index contributed by atoms with van der Waals surface area (Å²) in [6.45, 7) is 0. The molecule has 53 heavy (non-hydrogen) atoms. The fourth-order valence-electron chi connectivity index (χ4n) is 11.4. The first-order valence-electron chi connectivity index (χ1n) is 19.1. The Bertz CT molecular complexity index is 2670. The minimum Gasteiger partial charge on any atom is -0.456 e. The Kier molecular flexibility index (Phi) is 6.17. The third-order valence-electron chi connectivity index (χ3n) is 13.2. The van der Waals surface area contributed by atoms with Crippen LogP contribution in [0.5, 0.6) is 0 Å². The first kappa shape index (κ1) is 29.6. The van der Waals surface area contributed by atoms with E-state index in [4.69, 9.17) is 19.4 Å². The van der Waals surface area contributed by atoms with Gasteiger partial charge < -0.3 is 4.42 Å². The van der Waals surface area contributed by atoms with Crippen LogP contribution in [-0.2, 0) is 5.41 Å². The minimum atomic E-state index is -0.0927. The van der Waals surface area contributed by atoms with E-state index in [0.717, 1.165) is 67.4 Å². The molecule has 3 heterocycles. The van der Waals surface area contributed by atoms with E-state index in [1.54, 1.807) is 0 Å². The van der Waals surface area contributed by atoms with Gasteiger partial charge in [-0.05, 0) is 119 Å². The van der Waals surface area contributed by atoms with Crippen LogP contribution in [0.1, 0.15) is 43.2 Å². The van der Waals surface area contributed by atoms with Crippen LogP contribution in [0.2, 0.25) is 0 Å². The van der Waals surface area contributed by atoms with Gasteiger partial charge in [-0.25, -0.2) is 15.0 Å². The number of furan rings is 1. The van der Waals surface area contributed by atoms with Crippen molar-refractivity contribution < 1.29 is 4.42 Å². The van der Waals surface area contributed by atoms with Gasteiger partial charge in [-0.3, -0.25) is 4.98 Å². The monoisotopic (exact) mass is 684 g/mol. The largest absolute Gasteiger partial charge is 0.456 e. The predicted octanol–water partition coefficient (Wildman–Crippen LogP) is 11.6. The number of pyridine rings is 1. The number of fused-ring (bicyclic) bond motifs is 6. The molecule has 0 N–H and O–H groups in total. The Balaban J connectivity index is 1.20. The van der Waals surface area contributed by atoms with E-state index in [1.807, 2.05) is 36.7 Å². The molecule has 0 atom stereocenters. The van der Waals surface area contributed by atoms with Gasteiger partial charge in [0.05, 0.1) is 0 Å². The molecule has 3 aromatic heterocycles. The van der Waals surface area contributed by atoms with Gasteiger partial charge in [-0.2, -0.15) is 0 Å². The van der Waals surface area contributed by atoms with E-state index in [2.05, 4.69) is 102 Å². The van der Waals surface area contributed by atoms with Crippen molar-refractivity contribution in [1.29, 1.82) is 0 Å². The lowest BCUT2D eigenvalue weighted by Crippen LogP contribution is -2.55. The van der Waals surface area contributed by atoms with Crippen molar-refractivity contribution in [2.24, 2.45) is 23.7 Å². The van der Waals surface area contributed by atoms with Crippen LogP contribution >= 0.6 is 0 Å². The van der Waals surface area contributed by atoms with E-state index in [-0.39, 0.29) is 5.41 Å². The lowest BCUT2D eigenvalue weighted by molar-refractivity contribution is -0.0397. The summed E-state index contributed by atoms with van der Waals surface area (Å²) >= 11 is 0. The van der Waals surface area contributed by atoms with Crippen molar-refractivity contribution in [3.63, 3.8) is 0 Å². The summed E-state index contributed by atoms with van der Waals surface area (Å²) in [5.74, 6) is 4.90. The van der Waals surface area contributed by atoms with Gasteiger partial charge in [0.2, 0.25) is 0 Å². The lowest BCUT2D eigenvalue weighted by Gasteiger charge is -2.61. The number of benzene rings is 5. The number of para-hydroxylation sites is 1. The maximum atomic E-state index is 6.50. The van der Waals surface area contributed by atoms with E-state index in [9.17, 15) is 0 Å². The van der Waals surface area contributed by atoms with Crippen molar-refractivity contribution in [3.8, 4) is 56.4 Å². The fraction of sp³-hybridized carbons (Fsp3) is 0.208. The van der Waals surface area contributed by atoms with Crippen LogP contribution in [0.3, 0.4) is 0 Å². The lowest BCUT2D eigenvalue weighted by atomic mass is 9.42. The molecule has 13 rings (SSSR count). The quantitative estimate of drug-likeness (QED) is 0.185. The Morgan fingerprint density at radius 2 is 1.13 bits per heavy atom. The highest BCUT2D eigenvalue weighted by molar-refractivity contribution is 6.06. The summed E-state index contributed by atoms with van der Waals surface area (Å²) in [4.78, 5) is 20.3. The van der Waals surface area contributed by atoms with Crippen molar-refractivity contribution in [2.75, 3.05) is 0 Å². The molecule has 4 saturated carbocycles. The maximum absolute atomic E-state index is 6.50. The van der Waals surface area contributed by atoms with Crippen molar-refractivity contribution >= 4 is 21.9 Å². The minimum absolute atomic E-state index is 0.0927. The molecular weight excluding hydrogens is 649 g/mol. The SMILES string of the molecule is c1ccc(-c2nc(-c3ccncc3)nc(-c3c(-c4ccc5c(c4)oc4ccccc45)ccc4c3C3(c5ccccc5-4)C4CC5CC(C4)CC3C5)n2)cc1. The zero-order valence-electron chi connectivity index (χ0n) is 29.2. The molecule has 0 aliphatic heterocycles. The molecular formula is C48H36N4O. The summed E-state index contributed by atoms with van der Waals surface area (Å²) in [5.41, 5.74) is 12.6. The summed E-state index contributed by atoms with van der Waals surface area (Å²) in [5, 5.41) is 2.27. The van der Waals surface area contributed by atoms with Gasteiger partial charge in [-0.15, -0.1) is 0 Å². The van der Waals surface area contributed by atoms with Gasteiger partial charge >= 0.3 is 0 Å². The number of hydrogen-bond donors (Lipinski definition) is 0.